The molecule has 1 atom stereocenters. The van der Waals surface area contributed by atoms with E-state index >= 15 is 0 Å². The second-order valence-corrected chi connectivity index (χ2v) is 5.79. The van der Waals surface area contributed by atoms with Gasteiger partial charge < -0.3 is 14.8 Å². The van der Waals surface area contributed by atoms with E-state index in [9.17, 15) is 4.39 Å². The van der Waals surface area contributed by atoms with E-state index in [0.29, 0.717) is 18.1 Å². The van der Waals surface area contributed by atoms with E-state index in [-0.39, 0.29) is 11.9 Å². The van der Waals surface area contributed by atoms with Crippen LogP contribution in [0.15, 0.2) is 12.1 Å². The summed E-state index contributed by atoms with van der Waals surface area (Å²) >= 11 is 0. The fraction of sp³-hybridized carbons (Fsp3) is 0.647. The lowest BCUT2D eigenvalue weighted by Crippen LogP contribution is -2.23. The first kappa shape index (κ1) is 16.2. The summed E-state index contributed by atoms with van der Waals surface area (Å²) in [6.07, 6.45) is 2.08. The molecule has 1 saturated heterocycles. The van der Waals surface area contributed by atoms with E-state index in [1.54, 1.807) is 13.0 Å². The van der Waals surface area contributed by atoms with Gasteiger partial charge >= 0.3 is 0 Å². The first-order valence-corrected chi connectivity index (χ1v) is 7.85. The average Bonchev–Trinajstić information content (AvgIpc) is 2.49. The molecule has 1 aliphatic rings. The number of hydrogen-bond acceptors (Lipinski definition) is 3. The first-order valence-electron chi connectivity index (χ1n) is 7.85. The smallest absolute Gasteiger partial charge is 0.126 e. The van der Waals surface area contributed by atoms with Gasteiger partial charge in [0.2, 0.25) is 0 Å². The Kier molecular flexibility index (Phi) is 6.00. The molecule has 0 saturated carbocycles. The highest BCUT2D eigenvalue weighted by molar-refractivity contribution is 5.40. The summed E-state index contributed by atoms with van der Waals surface area (Å²) in [5.74, 6) is 1.16. The van der Waals surface area contributed by atoms with Crippen LogP contribution in [0.5, 0.6) is 5.75 Å². The number of rotatable bonds is 6. The molecule has 1 aromatic carbocycles. The molecule has 3 nitrogen and oxygen atoms in total. The Morgan fingerprint density at radius 3 is 2.76 bits per heavy atom. The maximum absolute atomic E-state index is 13.9. The zero-order valence-electron chi connectivity index (χ0n) is 13.2. The third-order valence-electron chi connectivity index (χ3n) is 4.08. The second-order valence-electron chi connectivity index (χ2n) is 5.79. The zero-order chi connectivity index (χ0) is 15.2. The van der Waals surface area contributed by atoms with Crippen molar-refractivity contribution in [2.75, 3.05) is 26.4 Å². The molecule has 0 amide bonds. The molecule has 1 aliphatic heterocycles. The summed E-state index contributed by atoms with van der Waals surface area (Å²) in [6, 6.07) is 3.49. The third kappa shape index (κ3) is 4.42. The third-order valence-corrected chi connectivity index (χ3v) is 4.08. The highest BCUT2D eigenvalue weighted by atomic mass is 19.1. The summed E-state index contributed by atoms with van der Waals surface area (Å²) < 4.78 is 25.2. The van der Waals surface area contributed by atoms with Crippen molar-refractivity contribution in [3.8, 4) is 5.75 Å². The van der Waals surface area contributed by atoms with E-state index in [4.69, 9.17) is 9.47 Å². The molecule has 1 fully saturated rings. The van der Waals surface area contributed by atoms with E-state index in [1.807, 2.05) is 19.9 Å². The Bertz CT molecular complexity index is 458. The summed E-state index contributed by atoms with van der Waals surface area (Å²) in [6.45, 7) is 9.02. The molecule has 1 aromatic rings. The van der Waals surface area contributed by atoms with Crippen molar-refractivity contribution in [2.45, 2.75) is 39.7 Å². The quantitative estimate of drug-likeness (QED) is 0.869. The Morgan fingerprint density at radius 2 is 2.10 bits per heavy atom. The molecule has 21 heavy (non-hydrogen) atoms. The van der Waals surface area contributed by atoms with Gasteiger partial charge in [0.05, 0.1) is 6.61 Å². The average molecular weight is 295 g/mol. The molecule has 1 N–H and O–H groups in total. The fourth-order valence-electron chi connectivity index (χ4n) is 2.67. The summed E-state index contributed by atoms with van der Waals surface area (Å²) in [5, 5.41) is 3.32. The standard InChI is InChI=1S/C17H26FNO2/c1-4-19-13(3)15-10-16(18)12(2)9-17(15)21-11-14-5-7-20-8-6-14/h9-10,13-14,19H,4-8,11H2,1-3H3. The van der Waals surface area contributed by atoms with Gasteiger partial charge in [0.1, 0.15) is 11.6 Å². The van der Waals surface area contributed by atoms with Gasteiger partial charge in [0.15, 0.2) is 0 Å². The number of halogens is 1. The summed E-state index contributed by atoms with van der Waals surface area (Å²) in [4.78, 5) is 0. The van der Waals surface area contributed by atoms with Gasteiger partial charge in [-0.25, -0.2) is 4.39 Å². The fourth-order valence-corrected chi connectivity index (χ4v) is 2.67. The highest BCUT2D eigenvalue weighted by Crippen LogP contribution is 2.29. The minimum atomic E-state index is -0.173. The van der Waals surface area contributed by atoms with E-state index < -0.39 is 0 Å². The van der Waals surface area contributed by atoms with Crippen LogP contribution in [0.1, 0.15) is 43.9 Å². The lowest BCUT2D eigenvalue weighted by Gasteiger charge is -2.24. The Labute approximate surface area is 126 Å². The van der Waals surface area contributed by atoms with Crippen molar-refractivity contribution in [1.29, 1.82) is 0 Å². The Hall–Kier alpha value is -1.13. The van der Waals surface area contributed by atoms with Crippen LogP contribution >= 0.6 is 0 Å². The van der Waals surface area contributed by atoms with Crippen molar-refractivity contribution >= 4 is 0 Å². The van der Waals surface area contributed by atoms with Crippen LogP contribution in [0, 0.1) is 18.7 Å². The predicted molar refractivity (Wildman–Crippen MR) is 82.3 cm³/mol. The van der Waals surface area contributed by atoms with Crippen LogP contribution in [0.25, 0.3) is 0 Å². The molecule has 0 aliphatic carbocycles. The highest BCUT2D eigenvalue weighted by Gasteiger charge is 2.18. The molecule has 1 heterocycles. The van der Waals surface area contributed by atoms with Crippen LogP contribution in [0.3, 0.4) is 0 Å². The van der Waals surface area contributed by atoms with Crippen molar-refractivity contribution in [3.05, 3.63) is 29.1 Å². The number of hydrogen-bond donors (Lipinski definition) is 1. The molecule has 0 spiro atoms. The molecular formula is C17H26FNO2. The van der Waals surface area contributed by atoms with Gasteiger partial charge in [-0.3, -0.25) is 0 Å². The minimum Gasteiger partial charge on any atom is -0.493 e. The van der Waals surface area contributed by atoms with Gasteiger partial charge in [-0.15, -0.1) is 0 Å². The van der Waals surface area contributed by atoms with Crippen molar-refractivity contribution in [1.82, 2.24) is 5.32 Å². The molecule has 2 rings (SSSR count). The zero-order valence-corrected chi connectivity index (χ0v) is 13.2. The molecule has 4 heteroatoms. The number of benzene rings is 1. The monoisotopic (exact) mass is 295 g/mol. The predicted octanol–water partition coefficient (Wildman–Crippen LogP) is 3.61. The normalized spacial score (nSPS) is 17.7. The van der Waals surface area contributed by atoms with Crippen molar-refractivity contribution in [2.24, 2.45) is 5.92 Å². The second kappa shape index (κ2) is 7.76. The van der Waals surface area contributed by atoms with Gasteiger partial charge in [0.25, 0.3) is 0 Å². The maximum Gasteiger partial charge on any atom is 0.126 e. The summed E-state index contributed by atoms with van der Waals surface area (Å²) in [5.41, 5.74) is 1.52. The molecule has 0 bridgehead atoms. The number of ether oxygens (including phenoxy) is 2. The SMILES string of the molecule is CCNC(C)c1cc(F)c(C)cc1OCC1CCOCC1. The first-order chi connectivity index (χ1) is 10.1. The molecule has 118 valence electrons. The van der Waals surface area contributed by atoms with E-state index in [2.05, 4.69) is 5.32 Å². The van der Waals surface area contributed by atoms with Gasteiger partial charge in [-0.2, -0.15) is 0 Å². The largest absolute Gasteiger partial charge is 0.493 e. The molecular weight excluding hydrogens is 269 g/mol. The Balaban J connectivity index is 2.10. The van der Waals surface area contributed by atoms with Crippen LogP contribution in [0.2, 0.25) is 0 Å². The summed E-state index contributed by atoms with van der Waals surface area (Å²) in [7, 11) is 0. The minimum absolute atomic E-state index is 0.0785. The van der Waals surface area contributed by atoms with E-state index in [1.165, 1.54) is 0 Å². The molecule has 1 unspecified atom stereocenters. The molecule has 0 radical (unpaired) electrons. The topological polar surface area (TPSA) is 30.5 Å². The van der Waals surface area contributed by atoms with Gasteiger partial charge in [0, 0.05) is 24.8 Å². The van der Waals surface area contributed by atoms with Crippen LogP contribution in [-0.4, -0.2) is 26.4 Å². The van der Waals surface area contributed by atoms with Crippen LogP contribution < -0.4 is 10.1 Å². The lowest BCUT2D eigenvalue weighted by molar-refractivity contribution is 0.0495. The lowest BCUT2D eigenvalue weighted by atomic mass is 10.0. The Morgan fingerprint density at radius 1 is 1.38 bits per heavy atom. The number of aryl methyl sites for hydroxylation is 1. The van der Waals surface area contributed by atoms with Crippen molar-refractivity contribution < 1.29 is 13.9 Å². The van der Waals surface area contributed by atoms with Crippen LogP contribution in [-0.2, 0) is 4.74 Å². The van der Waals surface area contributed by atoms with E-state index in [0.717, 1.165) is 43.9 Å². The van der Waals surface area contributed by atoms with Crippen LogP contribution in [0.4, 0.5) is 4.39 Å². The number of nitrogens with one attached hydrogen (secondary N) is 1. The van der Waals surface area contributed by atoms with Crippen molar-refractivity contribution in [3.63, 3.8) is 0 Å². The molecule has 0 aromatic heterocycles. The maximum atomic E-state index is 13.9. The van der Waals surface area contributed by atoms with Gasteiger partial charge in [-0.05, 0) is 56.8 Å². The van der Waals surface area contributed by atoms with Gasteiger partial charge in [-0.1, -0.05) is 6.92 Å².